The van der Waals surface area contributed by atoms with Gasteiger partial charge in [0.05, 0.1) is 5.60 Å². The van der Waals surface area contributed by atoms with Crippen LogP contribution in [0.15, 0.2) is 11.3 Å². The van der Waals surface area contributed by atoms with Crippen molar-refractivity contribution in [1.29, 1.82) is 0 Å². The maximum atomic E-state index is 13.6. The van der Waals surface area contributed by atoms with E-state index >= 15 is 0 Å². The quantitative estimate of drug-likeness (QED) is 0.595. The Hall–Kier alpha value is -0.710. The smallest absolute Gasteiger partial charge is 0.448 e. The molecule has 2 nitrogen and oxygen atoms in total. The Balaban J connectivity index is 2.14. The number of alkyl halides is 3. The van der Waals surface area contributed by atoms with Crippen molar-refractivity contribution in [3.8, 4) is 0 Å². The Bertz CT molecular complexity index is 537. The minimum atomic E-state index is -4.45. The first-order valence-corrected chi connectivity index (χ1v) is 9.15. The molecule has 138 valence electrons. The zero-order valence-electron chi connectivity index (χ0n) is 15.3. The van der Waals surface area contributed by atoms with E-state index in [9.17, 15) is 13.2 Å². The van der Waals surface area contributed by atoms with Crippen LogP contribution in [0.25, 0.3) is 0 Å². The lowest BCUT2D eigenvalue weighted by molar-refractivity contribution is -0.285. The fourth-order valence-corrected chi connectivity index (χ4v) is 5.42. The van der Waals surface area contributed by atoms with Gasteiger partial charge in [-0.2, -0.15) is 13.2 Å². The van der Waals surface area contributed by atoms with E-state index in [4.69, 9.17) is 9.47 Å². The molecule has 3 aliphatic rings. The number of hydrogen-bond donors (Lipinski definition) is 0. The van der Waals surface area contributed by atoms with E-state index in [2.05, 4.69) is 13.8 Å². The predicted molar refractivity (Wildman–Crippen MR) is 86.1 cm³/mol. The molecule has 0 amide bonds. The maximum Gasteiger partial charge on any atom is 0.448 e. The summed E-state index contributed by atoms with van der Waals surface area (Å²) < 4.78 is 52.6. The van der Waals surface area contributed by atoms with E-state index in [1.165, 1.54) is 0 Å². The van der Waals surface area contributed by atoms with E-state index in [0.29, 0.717) is 23.8 Å². The van der Waals surface area contributed by atoms with E-state index in [1.807, 2.05) is 20.8 Å². The van der Waals surface area contributed by atoms with Gasteiger partial charge in [-0.15, -0.1) is 0 Å². The molecule has 2 fully saturated rings. The molecule has 1 aliphatic carbocycles. The van der Waals surface area contributed by atoms with Crippen LogP contribution >= 0.6 is 0 Å². The van der Waals surface area contributed by atoms with Crippen LogP contribution in [-0.4, -0.2) is 18.1 Å². The van der Waals surface area contributed by atoms with Crippen LogP contribution < -0.4 is 0 Å². The third-order valence-electron chi connectivity index (χ3n) is 6.71. The van der Waals surface area contributed by atoms with Crippen molar-refractivity contribution in [2.45, 2.75) is 84.8 Å². The minimum absolute atomic E-state index is 0.104. The van der Waals surface area contributed by atoms with Crippen molar-refractivity contribution < 1.29 is 22.6 Å². The second-order valence-electron chi connectivity index (χ2n) is 8.65. The topological polar surface area (TPSA) is 18.5 Å². The summed E-state index contributed by atoms with van der Waals surface area (Å²) in [5, 5.41) is 0. The molecule has 0 bridgehead atoms. The molecule has 0 aromatic rings. The molecule has 0 aromatic carbocycles. The van der Waals surface area contributed by atoms with Crippen LogP contribution in [0.3, 0.4) is 0 Å². The number of rotatable bonds is 1. The van der Waals surface area contributed by atoms with Crippen molar-refractivity contribution in [3.05, 3.63) is 11.3 Å². The van der Waals surface area contributed by atoms with Gasteiger partial charge in [0.25, 0.3) is 0 Å². The highest BCUT2D eigenvalue weighted by Gasteiger charge is 2.61. The molecular weight excluding hydrogens is 317 g/mol. The first-order valence-electron chi connectivity index (χ1n) is 9.15. The van der Waals surface area contributed by atoms with E-state index in [1.54, 1.807) is 0 Å². The third kappa shape index (κ3) is 2.67. The van der Waals surface area contributed by atoms with Gasteiger partial charge in [-0.05, 0) is 69.3 Å². The Kier molecular flexibility index (Phi) is 4.26. The first kappa shape index (κ1) is 18.1. The van der Waals surface area contributed by atoms with E-state index in [-0.39, 0.29) is 11.3 Å². The third-order valence-corrected chi connectivity index (χ3v) is 6.71. The average Bonchev–Trinajstić information content (AvgIpc) is 2.55. The molecule has 1 saturated heterocycles. The summed E-state index contributed by atoms with van der Waals surface area (Å²) in [5.74, 6) is -0.0730. The lowest BCUT2D eigenvalue weighted by Gasteiger charge is -2.56. The van der Waals surface area contributed by atoms with Crippen LogP contribution in [-0.2, 0) is 9.47 Å². The predicted octanol–water partition coefficient (Wildman–Crippen LogP) is 5.83. The van der Waals surface area contributed by atoms with Gasteiger partial charge in [-0.25, -0.2) is 0 Å². The normalized spacial score (nSPS) is 42.2. The fraction of sp³-hybridized carbons (Fsp3) is 0.895. The molecule has 24 heavy (non-hydrogen) atoms. The summed E-state index contributed by atoms with van der Waals surface area (Å²) in [5.41, 5.74) is -0.400. The SMILES string of the molecule is CCC1=C(C(F)(F)F)O[C@@H]2OC(C)(C)CCC3[C@H](C)CC[C@@H]1[C@]32C. The molecule has 0 radical (unpaired) electrons. The summed E-state index contributed by atoms with van der Waals surface area (Å²) in [4.78, 5) is 0. The molecule has 0 N–H and O–H groups in total. The van der Waals surface area contributed by atoms with Crippen LogP contribution in [0.1, 0.15) is 66.7 Å². The molecular formula is C19H29F3O2. The summed E-state index contributed by atoms with van der Waals surface area (Å²) in [7, 11) is 0. The molecule has 3 rings (SSSR count). The summed E-state index contributed by atoms with van der Waals surface area (Å²) in [6.45, 7) is 10.1. The zero-order valence-corrected chi connectivity index (χ0v) is 15.3. The number of hydrogen-bond acceptors (Lipinski definition) is 2. The lowest BCUT2D eigenvalue weighted by Crippen LogP contribution is -2.56. The van der Waals surface area contributed by atoms with Gasteiger partial charge in [-0.3, -0.25) is 0 Å². The van der Waals surface area contributed by atoms with Crippen LogP contribution in [0, 0.1) is 23.2 Å². The molecule has 5 atom stereocenters. The van der Waals surface area contributed by atoms with E-state index in [0.717, 1.165) is 25.7 Å². The van der Waals surface area contributed by atoms with Crippen molar-refractivity contribution in [1.82, 2.24) is 0 Å². The van der Waals surface area contributed by atoms with Gasteiger partial charge < -0.3 is 9.47 Å². The fourth-order valence-electron chi connectivity index (χ4n) is 5.42. The van der Waals surface area contributed by atoms with Crippen LogP contribution in [0.2, 0.25) is 0 Å². The lowest BCUT2D eigenvalue weighted by atomic mass is 9.53. The highest BCUT2D eigenvalue weighted by molar-refractivity contribution is 5.25. The largest absolute Gasteiger partial charge is 0.459 e. The number of ether oxygens (including phenoxy) is 2. The summed E-state index contributed by atoms with van der Waals surface area (Å²) in [6.07, 6.45) is -1.28. The molecule has 2 aliphatic heterocycles. The molecule has 0 aromatic heterocycles. The maximum absolute atomic E-state index is 13.6. The average molecular weight is 346 g/mol. The first-order chi connectivity index (χ1) is 11.0. The van der Waals surface area contributed by atoms with Gasteiger partial charge in [-0.1, -0.05) is 20.8 Å². The Morgan fingerprint density at radius 1 is 1.12 bits per heavy atom. The van der Waals surface area contributed by atoms with Gasteiger partial charge in [0.1, 0.15) is 0 Å². The monoisotopic (exact) mass is 346 g/mol. The number of halogens is 3. The summed E-state index contributed by atoms with van der Waals surface area (Å²) >= 11 is 0. The molecule has 2 heterocycles. The summed E-state index contributed by atoms with van der Waals surface area (Å²) in [6, 6.07) is 0. The van der Waals surface area contributed by atoms with Gasteiger partial charge in [0, 0.05) is 5.41 Å². The second-order valence-corrected chi connectivity index (χ2v) is 8.65. The van der Waals surface area contributed by atoms with Gasteiger partial charge in [0.15, 0.2) is 0 Å². The molecule has 5 heteroatoms. The van der Waals surface area contributed by atoms with Gasteiger partial charge in [0.2, 0.25) is 12.0 Å². The molecule has 1 saturated carbocycles. The van der Waals surface area contributed by atoms with Crippen molar-refractivity contribution in [2.24, 2.45) is 23.2 Å². The Morgan fingerprint density at radius 2 is 1.79 bits per heavy atom. The highest BCUT2D eigenvalue weighted by atomic mass is 19.4. The Labute approximate surface area is 142 Å². The molecule has 0 spiro atoms. The van der Waals surface area contributed by atoms with Crippen molar-refractivity contribution in [3.63, 3.8) is 0 Å². The zero-order chi connectivity index (χ0) is 17.9. The standard InChI is InChI=1S/C19H29F3O2/c1-6-12-14-8-7-11(2)13-9-10-17(3,4)24-16(18(13,14)5)23-15(12)19(20,21)22/h11,13-14,16H,6-10H2,1-5H3/t11-,13?,14+,16-,18+/m1/s1. The Morgan fingerprint density at radius 3 is 2.38 bits per heavy atom. The second kappa shape index (κ2) is 5.65. The minimum Gasteiger partial charge on any atom is -0.459 e. The molecule has 1 unspecified atom stereocenters. The number of allylic oxidation sites excluding steroid dienone is 2. The van der Waals surface area contributed by atoms with Gasteiger partial charge >= 0.3 is 6.18 Å². The van der Waals surface area contributed by atoms with Crippen LogP contribution in [0.5, 0.6) is 0 Å². The van der Waals surface area contributed by atoms with Crippen LogP contribution in [0.4, 0.5) is 13.2 Å². The highest BCUT2D eigenvalue weighted by Crippen LogP contribution is 2.62. The van der Waals surface area contributed by atoms with E-state index < -0.39 is 23.8 Å². The van der Waals surface area contributed by atoms with Crippen molar-refractivity contribution >= 4 is 0 Å². The van der Waals surface area contributed by atoms with Crippen molar-refractivity contribution in [2.75, 3.05) is 0 Å².